The molecule has 0 aliphatic carbocycles. The van der Waals surface area contributed by atoms with Crippen LogP contribution in [0.4, 0.5) is 29.3 Å². The molecule has 2 N–H and O–H groups in total. The Kier molecular flexibility index (Phi) is 6.94. The lowest BCUT2D eigenvalue weighted by molar-refractivity contribution is -0.115. The Morgan fingerprint density at radius 3 is 2.59 bits per heavy atom. The van der Waals surface area contributed by atoms with Crippen LogP contribution in [0.2, 0.25) is 0 Å². The van der Waals surface area contributed by atoms with E-state index in [0.717, 1.165) is 45.1 Å². The summed E-state index contributed by atoms with van der Waals surface area (Å²) in [6.07, 6.45) is -2.22. The first-order chi connectivity index (χ1) is 19.7. The molecule has 3 aromatic carbocycles. The Hall–Kier alpha value is -4.67. The summed E-state index contributed by atoms with van der Waals surface area (Å²) in [7, 11) is 0. The Bertz CT molecular complexity index is 1700. The van der Waals surface area contributed by atoms with Crippen molar-refractivity contribution in [2.45, 2.75) is 26.1 Å². The van der Waals surface area contributed by atoms with Crippen LogP contribution in [0.25, 0.3) is 22.2 Å². The fourth-order valence-corrected chi connectivity index (χ4v) is 4.99. The highest BCUT2D eigenvalue weighted by molar-refractivity contribution is 5.83. The molecule has 0 fully saturated rings. The standard InChI is InChI=1S/C30H26F4N6O/c1-18-24(12-19-2-6-23(31)7-3-19)28(37-17-36-18)40-10-11-41-27-9-5-20(13-22(27)15-40)21-4-8-25-26(14-21)39-29(38-25)35-16-30(32,33)34/h2-9,13-14,17H,10-12,15-16H2,1H3,(H2,35,38,39). The van der Waals surface area contributed by atoms with Crippen LogP contribution in [-0.2, 0) is 13.0 Å². The number of aryl methyl sites for hydroxylation is 1. The molecule has 0 amide bonds. The second-order valence-electron chi connectivity index (χ2n) is 9.94. The zero-order valence-electron chi connectivity index (χ0n) is 22.1. The lowest BCUT2D eigenvalue weighted by Crippen LogP contribution is -2.28. The summed E-state index contributed by atoms with van der Waals surface area (Å²) in [4.78, 5) is 18.3. The van der Waals surface area contributed by atoms with Gasteiger partial charge in [-0.25, -0.2) is 19.3 Å². The SMILES string of the molecule is Cc1ncnc(N2CCOc3ccc(-c4ccc5nc(NCC(F)(F)F)[nH]c5c4)cc3C2)c1Cc1ccc(F)cc1. The topological polar surface area (TPSA) is 79.0 Å². The maximum absolute atomic E-state index is 13.5. The van der Waals surface area contributed by atoms with Crippen molar-refractivity contribution in [3.63, 3.8) is 0 Å². The lowest BCUT2D eigenvalue weighted by Gasteiger charge is -2.24. The fourth-order valence-electron chi connectivity index (χ4n) is 4.99. The van der Waals surface area contributed by atoms with Gasteiger partial charge >= 0.3 is 6.18 Å². The fraction of sp³-hybridized carbons (Fsp3) is 0.233. The number of nitrogens with one attached hydrogen (secondary N) is 2. The molecule has 1 aliphatic heterocycles. The second kappa shape index (κ2) is 10.7. The minimum Gasteiger partial charge on any atom is -0.491 e. The number of rotatable bonds is 6. The average Bonchev–Trinajstić information content (AvgIpc) is 3.24. The van der Waals surface area contributed by atoms with E-state index in [4.69, 9.17) is 4.74 Å². The summed E-state index contributed by atoms with van der Waals surface area (Å²) < 4.78 is 57.4. The largest absolute Gasteiger partial charge is 0.491 e. The molecule has 0 unspecified atom stereocenters. The van der Waals surface area contributed by atoms with Crippen LogP contribution in [-0.4, -0.2) is 45.8 Å². The number of nitrogens with zero attached hydrogens (tertiary/aromatic N) is 4. The number of alkyl halides is 3. The van der Waals surface area contributed by atoms with Gasteiger partial charge in [0.2, 0.25) is 5.95 Å². The molecule has 0 saturated carbocycles. The molecule has 0 spiro atoms. The first-order valence-corrected chi connectivity index (χ1v) is 13.1. The van der Waals surface area contributed by atoms with Crippen molar-refractivity contribution in [2.24, 2.45) is 0 Å². The van der Waals surface area contributed by atoms with E-state index in [0.29, 0.717) is 37.2 Å². The maximum atomic E-state index is 13.5. The minimum atomic E-state index is -4.34. The number of aromatic amines is 1. The zero-order valence-corrected chi connectivity index (χ0v) is 22.1. The Balaban J connectivity index is 1.28. The monoisotopic (exact) mass is 562 g/mol. The minimum absolute atomic E-state index is 0.0667. The van der Waals surface area contributed by atoms with Gasteiger partial charge in [-0.1, -0.05) is 24.3 Å². The Morgan fingerprint density at radius 2 is 1.78 bits per heavy atom. The molecule has 11 heteroatoms. The van der Waals surface area contributed by atoms with Crippen LogP contribution in [0.3, 0.4) is 0 Å². The molecule has 0 atom stereocenters. The van der Waals surface area contributed by atoms with Gasteiger partial charge in [0.05, 0.1) is 17.6 Å². The smallest absolute Gasteiger partial charge is 0.405 e. The molecule has 0 radical (unpaired) electrons. The summed E-state index contributed by atoms with van der Waals surface area (Å²) in [5, 5.41) is 2.29. The molecular weight excluding hydrogens is 536 g/mol. The molecule has 2 aromatic heterocycles. The Labute approximate surface area is 233 Å². The van der Waals surface area contributed by atoms with Gasteiger partial charge in [0.25, 0.3) is 0 Å². The number of ether oxygens (including phenoxy) is 1. The van der Waals surface area contributed by atoms with Crippen LogP contribution >= 0.6 is 0 Å². The van der Waals surface area contributed by atoms with Crippen LogP contribution in [0.5, 0.6) is 5.75 Å². The van der Waals surface area contributed by atoms with Gasteiger partial charge in [-0.05, 0) is 60.0 Å². The van der Waals surface area contributed by atoms with Crippen molar-refractivity contribution in [1.82, 2.24) is 19.9 Å². The number of imidazole rings is 1. The van der Waals surface area contributed by atoms with Crippen LogP contribution in [0, 0.1) is 12.7 Å². The molecule has 7 nitrogen and oxygen atoms in total. The van der Waals surface area contributed by atoms with E-state index in [1.54, 1.807) is 24.5 Å². The number of fused-ring (bicyclic) bond motifs is 2. The molecule has 0 saturated heterocycles. The molecule has 3 heterocycles. The van der Waals surface area contributed by atoms with E-state index < -0.39 is 12.7 Å². The summed E-state index contributed by atoms with van der Waals surface area (Å²) in [5.41, 5.74) is 6.77. The number of aromatic nitrogens is 4. The quantitative estimate of drug-likeness (QED) is 0.232. The highest BCUT2D eigenvalue weighted by atomic mass is 19.4. The molecule has 6 rings (SSSR count). The molecule has 210 valence electrons. The third kappa shape index (κ3) is 5.93. The number of benzene rings is 3. The van der Waals surface area contributed by atoms with E-state index in [2.05, 4.69) is 36.2 Å². The molecule has 1 aliphatic rings. The van der Waals surface area contributed by atoms with E-state index in [9.17, 15) is 17.6 Å². The summed E-state index contributed by atoms with van der Waals surface area (Å²) in [6.45, 7) is 2.41. The average molecular weight is 563 g/mol. The van der Waals surface area contributed by atoms with Crippen LogP contribution in [0.15, 0.2) is 67.0 Å². The zero-order chi connectivity index (χ0) is 28.6. The summed E-state index contributed by atoms with van der Waals surface area (Å²) in [5.74, 6) is 1.37. The van der Waals surface area contributed by atoms with Crippen molar-refractivity contribution in [1.29, 1.82) is 0 Å². The predicted molar refractivity (Wildman–Crippen MR) is 149 cm³/mol. The lowest BCUT2D eigenvalue weighted by atomic mass is 10.0. The highest BCUT2D eigenvalue weighted by Crippen LogP contribution is 2.33. The predicted octanol–water partition coefficient (Wildman–Crippen LogP) is 6.43. The van der Waals surface area contributed by atoms with Crippen molar-refractivity contribution in [3.05, 3.63) is 95.2 Å². The molecule has 41 heavy (non-hydrogen) atoms. The van der Waals surface area contributed by atoms with Crippen molar-refractivity contribution < 1.29 is 22.3 Å². The number of hydrogen-bond acceptors (Lipinski definition) is 6. The number of halogens is 4. The summed E-state index contributed by atoms with van der Waals surface area (Å²) in [6, 6.07) is 17.9. The van der Waals surface area contributed by atoms with Crippen LogP contribution in [0.1, 0.15) is 22.4 Å². The molecular formula is C30H26F4N6O. The second-order valence-corrected chi connectivity index (χ2v) is 9.94. The van der Waals surface area contributed by atoms with Crippen LogP contribution < -0.4 is 15.0 Å². The van der Waals surface area contributed by atoms with Gasteiger partial charge in [-0.3, -0.25) is 0 Å². The van der Waals surface area contributed by atoms with E-state index >= 15 is 0 Å². The normalized spacial score (nSPS) is 13.5. The van der Waals surface area contributed by atoms with Gasteiger partial charge in [0, 0.05) is 29.8 Å². The van der Waals surface area contributed by atoms with Crippen molar-refractivity contribution in [2.75, 3.05) is 29.9 Å². The Morgan fingerprint density at radius 1 is 1.00 bits per heavy atom. The summed E-state index contributed by atoms with van der Waals surface area (Å²) >= 11 is 0. The number of H-pyrrole nitrogens is 1. The third-order valence-corrected chi connectivity index (χ3v) is 7.04. The van der Waals surface area contributed by atoms with Crippen molar-refractivity contribution in [3.8, 4) is 16.9 Å². The van der Waals surface area contributed by atoms with Gasteiger partial charge in [-0.2, -0.15) is 13.2 Å². The highest BCUT2D eigenvalue weighted by Gasteiger charge is 2.27. The third-order valence-electron chi connectivity index (χ3n) is 7.04. The number of anilines is 2. The van der Waals surface area contributed by atoms with E-state index in [1.807, 2.05) is 31.2 Å². The van der Waals surface area contributed by atoms with Crippen molar-refractivity contribution >= 4 is 22.8 Å². The van der Waals surface area contributed by atoms with E-state index in [1.165, 1.54) is 12.1 Å². The van der Waals surface area contributed by atoms with Gasteiger partial charge in [-0.15, -0.1) is 0 Å². The van der Waals surface area contributed by atoms with Gasteiger partial charge in [0.1, 0.15) is 36.9 Å². The van der Waals surface area contributed by atoms with E-state index in [-0.39, 0.29) is 11.8 Å². The molecule has 5 aromatic rings. The first-order valence-electron chi connectivity index (χ1n) is 13.1. The van der Waals surface area contributed by atoms with Gasteiger partial charge in [0.15, 0.2) is 0 Å². The number of hydrogen-bond donors (Lipinski definition) is 2. The molecule has 0 bridgehead atoms. The first kappa shape index (κ1) is 26.5. The maximum Gasteiger partial charge on any atom is 0.405 e. The van der Waals surface area contributed by atoms with Gasteiger partial charge < -0.3 is 19.9 Å².